The van der Waals surface area contributed by atoms with Crippen LogP contribution in [-0.2, 0) is 0 Å². The largest absolute Gasteiger partial charge is 0.324 e. The summed E-state index contributed by atoms with van der Waals surface area (Å²) in [5, 5.41) is 0.899. The first-order valence-corrected chi connectivity index (χ1v) is 6.34. The Morgan fingerprint density at radius 2 is 2.00 bits per heavy atom. The van der Waals surface area contributed by atoms with Gasteiger partial charge in [-0.1, -0.05) is 25.4 Å². The molecule has 3 heteroatoms. The molecule has 0 aliphatic carbocycles. The summed E-state index contributed by atoms with van der Waals surface area (Å²) in [6, 6.07) is 2.12. The van der Waals surface area contributed by atoms with Crippen molar-refractivity contribution in [3.63, 3.8) is 0 Å². The third kappa shape index (κ3) is 2.50. The number of nitrogens with two attached hydrogens (primary N) is 1. The Morgan fingerprint density at radius 3 is 2.36 bits per heavy atom. The van der Waals surface area contributed by atoms with E-state index in [1.165, 1.54) is 9.75 Å². The minimum atomic E-state index is 0.0978. The van der Waals surface area contributed by atoms with Crippen molar-refractivity contribution in [3.8, 4) is 0 Å². The lowest BCUT2D eigenvalue weighted by atomic mass is 10.0. The number of halogens is 1. The molecule has 0 saturated heterocycles. The standard InChI is InChI=1S/C11H18ClNS/c1-4-8(5-2)11-9(12)6-10(14-11)7(3)13/h6-8H,4-5,13H2,1-3H3. The molecule has 1 atom stereocenters. The number of rotatable bonds is 4. The van der Waals surface area contributed by atoms with Crippen LogP contribution in [0.4, 0.5) is 0 Å². The van der Waals surface area contributed by atoms with Crippen LogP contribution >= 0.6 is 22.9 Å². The van der Waals surface area contributed by atoms with Crippen LogP contribution in [0.2, 0.25) is 5.02 Å². The third-order valence-corrected chi connectivity index (χ3v) is 4.46. The van der Waals surface area contributed by atoms with E-state index in [9.17, 15) is 0 Å². The highest BCUT2D eigenvalue weighted by molar-refractivity contribution is 7.12. The molecule has 1 aromatic heterocycles. The van der Waals surface area contributed by atoms with Crippen LogP contribution in [0.5, 0.6) is 0 Å². The zero-order chi connectivity index (χ0) is 10.7. The molecule has 0 saturated carbocycles. The second-order valence-corrected chi connectivity index (χ2v) is 5.19. The van der Waals surface area contributed by atoms with Crippen LogP contribution in [0, 0.1) is 0 Å². The van der Waals surface area contributed by atoms with Gasteiger partial charge in [-0.2, -0.15) is 0 Å². The van der Waals surface area contributed by atoms with Crippen molar-refractivity contribution in [1.82, 2.24) is 0 Å². The van der Waals surface area contributed by atoms with Crippen molar-refractivity contribution in [1.29, 1.82) is 0 Å². The molecule has 2 N–H and O–H groups in total. The van der Waals surface area contributed by atoms with Gasteiger partial charge in [0.2, 0.25) is 0 Å². The molecule has 1 rings (SSSR count). The van der Waals surface area contributed by atoms with E-state index in [0.29, 0.717) is 5.92 Å². The van der Waals surface area contributed by atoms with Crippen LogP contribution in [0.15, 0.2) is 6.07 Å². The zero-order valence-corrected chi connectivity index (χ0v) is 10.6. The Morgan fingerprint density at radius 1 is 1.43 bits per heavy atom. The normalized spacial score (nSPS) is 13.6. The van der Waals surface area contributed by atoms with Gasteiger partial charge in [-0.15, -0.1) is 11.3 Å². The van der Waals surface area contributed by atoms with Gasteiger partial charge in [0, 0.05) is 15.8 Å². The molecule has 0 amide bonds. The summed E-state index contributed by atoms with van der Waals surface area (Å²) in [6.07, 6.45) is 2.30. The summed E-state index contributed by atoms with van der Waals surface area (Å²) in [5.41, 5.74) is 5.83. The van der Waals surface area contributed by atoms with Gasteiger partial charge < -0.3 is 5.73 Å². The van der Waals surface area contributed by atoms with Crippen molar-refractivity contribution in [2.45, 2.75) is 45.6 Å². The molecule has 1 heterocycles. The third-order valence-electron chi connectivity index (χ3n) is 2.54. The maximum Gasteiger partial charge on any atom is 0.0551 e. The first-order valence-electron chi connectivity index (χ1n) is 5.14. The lowest BCUT2D eigenvalue weighted by Gasteiger charge is -2.10. The van der Waals surface area contributed by atoms with E-state index < -0.39 is 0 Å². The maximum absolute atomic E-state index is 6.20. The molecule has 1 unspecified atom stereocenters. The van der Waals surface area contributed by atoms with Gasteiger partial charge in [0.05, 0.1) is 5.02 Å². The molecule has 0 radical (unpaired) electrons. The second kappa shape index (κ2) is 5.15. The van der Waals surface area contributed by atoms with Gasteiger partial charge in [0.1, 0.15) is 0 Å². The van der Waals surface area contributed by atoms with Crippen LogP contribution in [0.3, 0.4) is 0 Å². The smallest absolute Gasteiger partial charge is 0.0551 e. The fourth-order valence-corrected chi connectivity index (χ4v) is 3.29. The molecular formula is C11H18ClNS. The predicted molar refractivity (Wildman–Crippen MR) is 65.3 cm³/mol. The maximum atomic E-state index is 6.20. The second-order valence-electron chi connectivity index (χ2n) is 3.66. The van der Waals surface area contributed by atoms with E-state index in [1.54, 1.807) is 11.3 Å². The Balaban J connectivity index is 2.96. The summed E-state index contributed by atoms with van der Waals surface area (Å²) in [5.74, 6) is 0.597. The molecule has 0 aliphatic rings. The molecule has 0 spiro atoms. The van der Waals surface area contributed by atoms with E-state index >= 15 is 0 Å². The van der Waals surface area contributed by atoms with Crippen molar-refractivity contribution in [2.24, 2.45) is 5.73 Å². The van der Waals surface area contributed by atoms with Crippen LogP contribution in [0.1, 0.15) is 55.3 Å². The molecule has 1 nitrogen and oxygen atoms in total. The molecule has 0 aromatic carbocycles. The highest BCUT2D eigenvalue weighted by Crippen LogP contribution is 2.38. The van der Waals surface area contributed by atoms with E-state index in [4.69, 9.17) is 17.3 Å². The van der Waals surface area contributed by atoms with Crippen LogP contribution < -0.4 is 5.73 Å². The van der Waals surface area contributed by atoms with Crippen molar-refractivity contribution >= 4 is 22.9 Å². The highest BCUT2D eigenvalue weighted by atomic mass is 35.5. The quantitative estimate of drug-likeness (QED) is 0.821. The summed E-state index contributed by atoms with van der Waals surface area (Å²) >= 11 is 7.96. The fourth-order valence-electron chi connectivity index (χ4n) is 1.56. The Kier molecular flexibility index (Phi) is 4.42. The summed E-state index contributed by atoms with van der Waals surface area (Å²) in [4.78, 5) is 2.50. The first kappa shape index (κ1) is 12.0. The summed E-state index contributed by atoms with van der Waals surface area (Å²) in [6.45, 7) is 6.41. The van der Waals surface area contributed by atoms with Crippen LogP contribution in [-0.4, -0.2) is 0 Å². The fraction of sp³-hybridized carbons (Fsp3) is 0.636. The molecule has 0 fully saturated rings. The first-order chi connectivity index (χ1) is 6.60. The van der Waals surface area contributed by atoms with E-state index in [1.807, 2.05) is 13.0 Å². The molecular weight excluding hydrogens is 214 g/mol. The van der Waals surface area contributed by atoms with Gasteiger partial charge >= 0.3 is 0 Å². The number of hydrogen-bond acceptors (Lipinski definition) is 2. The summed E-state index contributed by atoms with van der Waals surface area (Å²) in [7, 11) is 0. The van der Waals surface area contributed by atoms with Gasteiger partial charge in [-0.25, -0.2) is 0 Å². The van der Waals surface area contributed by atoms with E-state index in [-0.39, 0.29) is 6.04 Å². The topological polar surface area (TPSA) is 26.0 Å². The van der Waals surface area contributed by atoms with Crippen LogP contribution in [0.25, 0.3) is 0 Å². The predicted octanol–water partition coefficient (Wildman–Crippen LogP) is 4.32. The molecule has 1 aromatic rings. The number of hydrogen-bond donors (Lipinski definition) is 1. The monoisotopic (exact) mass is 231 g/mol. The van der Waals surface area contributed by atoms with E-state index in [2.05, 4.69) is 13.8 Å². The van der Waals surface area contributed by atoms with Gasteiger partial charge in [0.25, 0.3) is 0 Å². The molecule has 0 aliphatic heterocycles. The molecule has 80 valence electrons. The molecule has 14 heavy (non-hydrogen) atoms. The van der Waals surface area contributed by atoms with Crippen molar-refractivity contribution in [3.05, 3.63) is 20.8 Å². The lowest BCUT2D eigenvalue weighted by molar-refractivity contribution is 0.653. The highest BCUT2D eigenvalue weighted by Gasteiger charge is 2.16. The minimum absolute atomic E-state index is 0.0978. The van der Waals surface area contributed by atoms with E-state index in [0.717, 1.165) is 17.9 Å². The van der Waals surface area contributed by atoms with Gasteiger partial charge in [-0.3, -0.25) is 0 Å². The Bertz CT molecular complexity index is 289. The molecule has 0 bridgehead atoms. The van der Waals surface area contributed by atoms with Crippen molar-refractivity contribution in [2.75, 3.05) is 0 Å². The van der Waals surface area contributed by atoms with Gasteiger partial charge in [-0.05, 0) is 31.7 Å². The summed E-state index contributed by atoms with van der Waals surface area (Å²) < 4.78 is 0. The average Bonchev–Trinajstić information content (AvgIpc) is 2.51. The minimum Gasteiger partial charge on any atom is -0.324 e. The van der Waals surface area contributed by atoms with Gasteiger partial charge in [0.15, 0.2) is 0 Å². The zero-order valence-electron chi connectivity index (χ0n) is 9.01. The lowest BCUT2D eigenvalue weighted by Crippen LogP contribution is -2.01. The Labute approximate surface area is 95.3 Å². The van der Waals surface area contributed by atoms with Crippen molar-refractivity contribution < 1.29 is 0 Å². The SMILES string of the molecule is CCC(CC)c1sc(C(C)N)cc1Cl. The average molecular weight is 232 g/mol. The Hall–Kier alpha value is -0.0500. The number of thiophene rings is 1.